The third-order valence-electron chi connectivity index (χ3n) is 3.42. The van der Waals surface area contributed by atoms with E-state index in [1.165, 1.54) is 0 Å². The number of hydrogen-bond acceptors (Lipinski definition) is 3. The molecule has 0 spiro atoms. The first kappa shape index (κ1) is 11.3. The Morgan fingerprint density at radius 2 is 2.17 bits per heavy atom. The monoisotopic (exact) mass is 243 g/mol. The lowest BCUT2D eigenvalue weighted by atomic mass is 10.1. The number of H-pyrrole nitrogens is 1. The van der Waals surface area contributed by atoms with Gasteiger partial charge < -0.3 is 15.0 Å². The number of benzene rings is 1. The second-order valence-electron chi connectivity index (χ2n) is 4.66. The lowest BCUT2D eigenvalue weighted by Crippen LogP contribution is -2.26. The van der Waals surface area contributed by atoms with E-state index in [2.05, 4.69) is 46.5 Å². The number of ether oxygens (including phenoxy) is 1. The average Bonchev–Trinajstić information content (AvgIpc) is 3.03. The minimum atomic E-state index is 0.289. The molecule has 2 unspecified atom stereocenters. The fraction of sp³-hybridized carbons (Fsp3) is 0.357. The number of imidazole rings is 1. The second kappa shape index (κ2) is 4.82. The van der Waals surface area contributed by atoms with E-state index in [0.717, 1.165) is 30.0 Å². The molecule has 1 aromatic carbocycles. The Bertz CT molecular complexity index is 492. The van der Waals surface area contributed by atoms with E-state index in [9.17, 15) is 0 Å². The van der Waals surface area contributed by atoms with Gasteiger partial charge in [0.05, 0.1) is 30.4 Å². The van der Waals surface area contributed by atoms with E-state index in [0.29, 0.717) is 6.04 Å². The molecule has 1 aliphatic rings. The summed E-state index contributed by atoms with van der Waals surface area (Å²) in [5, 5.41) is 3.51. The Labute approximate surface area is 106 Å². The van der Waals surface area contributed by atoms with Crippen LogP contribution in [0.1, 0.15) is 13.3 Å². The zero-order chi connectivity index (χ0) is 12.4. The lowest BCUT2D eigenvalue weighted by molar-refractivity contribution is 0.121. The van der Waals surface area contributed by atoms with Crippen molar-refractivity contribution in [2.75, 3.05) is 11.9 Å². The van der Waals surface area contributed by atoms with Gasteiger partial charge in [-0.2, -0.15) is 0 Å². The van der Waals surface area contributed by atoms with Gasteiger partial charge in [-0.1, -0.05) is 12.1 Å². The molecule has 94 valence electrons. The summed E-state index contributed by atoms with van der Waals surface area (Å²) in [6.07, 6.45) is 4.88. The first-order chi connectivity index (χ1) is 8.83. The van der Waals surface area contributed by atoms with Gasteiger partial charge in [0, 0.05) is 12.3 Å². The molecule has 1 saturated heterocycles. The normalized spacial score (nSPS) is 23.2. The van der Waals surface area contributed by atoms with Gasteiger partial charge in [0.1, 0.15) is 0 Å². The molecule has 18 heavy (non-hydrogen) atoms. The summed E-state index contributed by atoms with van der Waals surface area (Å²) in [5.41, 5.74) is 3.33. The summed E-state index contributed by atoms with van der Waals surface area (Å²) in [6, 6.07) is 8.80. The number of nitrogens with one attached hydrogen (secondary N) is 2. The van der Waals surface area contributed by atoms with E-state index in [4.69, 9.17) is 4.74 Å². The Morgan fingerprint density at radius 1 is 1.33 bits per heavy atom. The van der Waals surface area contributed by atoms with Crippen molar-refractivity contribution in [3.05, 3.63) is 36.8 Å². The molecule has 0 aliphatic carbocycles. The van der Waals surface area contributed by atoms with Crippen molar-refractivity contribution >= 4 is 5.69 Å². The lowest BCUT2D eigenvalue weighted by Gasteiger charge is -2.17. The smallest absolute Gasteiger partial charge is 0.0924 e. The second-order valence-corrected chi connectivity index (χ2v) is 4.66. The van der Waals surface area contributed by atoms with Crippen LogP contribution in [0.15, 0.2) is 36.8 Å². The summed E-state index contributed by atoms with van der Waals surface area (Å²) in [7, 11) is 0. The minimum Gasteiger partial charge on any atom is -0.380 e. The van der Waals surface area contributed by atoms with Gasteiger partial charge in [0.15, 0.2) is 0 Å². The third-order valence-corrected chi connectivity index (χ3v) is 3.42. The van der Waals surface area contributed by atoms with Crippen LogP contribution in [0.5, 0.6) is 0 Å². The fourth-order valence-electron chi connectivity index (χ4n) is 2.30. The van der Waals surface area contributed by atoms with Gasteiger partial charge >= 0.3 is 0 Å². The number of nitrogens with zero attached hydrogens (tertiary/aromatic N) is 1. The van der Waals surface area contributed by atoms with E-state index in [1.807, 2.05) is 6.20 Å². The highest BCUT2D eigenvalue weighted by Gasteiger charge is 2.23. The highest BCUT2D eigenvalue weighted by molar-refractivity contribution is 5.62. The number of hydrogen-bond donors (Lipinski definition) is 2. The molecule has 1 aliphatic heterocycles. The Balaban J connectivity index is 1.71. The molecular formula is C14H17N3O. The predicted molar refractivity (Wildman–Crippen MR) is 71.5 cm³/mol. The Kier molecular flexibility index (Phi) is 3.02. The predicted octanol–water partition coefficient (Wildman–Crippen LogP) is 2.67. The maximum Gasteiger partial charge on any atom is 0.0924 e. The van der Waals surface area contributed by atoms with Crippen LogP contribution in [0, 0.1) is 0 Å². The van der Waals surface area contributed by atoms with Gasteiger partial charge in [-0.3, -0.25) is 0 Å². The molecule has 2 aromatic rings. The van der Waals surface area contributed by atoms with Crippen LogP contribution in [-0.2, 0) is 4.74 Å². The van der Waals surface area contributed by atoms with Crippen LogP contribution < -0.4 is 5.32 Å². The van der Waals surface area contributed by atoms with Crippen molar-refractivity contribution in [1.82, 2.24) is 9.97 Å². The third kappa shape index (κ3) is 2.24. The largest absolute Gasteiger partial charge is 0.380 e. The summed E-state index contributed by atoms with van der Waals surface area (Å²) in [4.78, 5) is 7.13. The molecule has 1 aromatic heterocycles. The zero-order valence-electron chi connectivity index (χ0n) is 10.4. The molecule has 0 bridgehead atoms. The highest BCUT2D eigenvalue weighted by Crippen LogP contribution is 2.22. The van der Waals surface area contributed by atoms with Gasteiger partial charge in [-0.25, -0.2) is 4.98 Å². The average molecular weight is 243 g/mol. The summed E-state index contributed by atoms with van der Waals surface area (Å²) in [5.74, 6) is 0. The molecule has 4 nitrogen and oxygen atoms in total. The molecule has 2 heterocycles. The van der Waals surface area contributed by atoms with Crippen LogP contribution in [0.4, 0.5) is 5.69 Å². The topological polar surface area (TPSA) is 49.9 Å². The van der Waals surface area contributed by atoms with Crippen LogP contribution in [0.25, 0.3) is 11.3 Å². The Morgan fingerprint density at radius 3 is 2.78 bits per heavy atom. The van der Waals surface area contributed by atoms with Crippen molar-refractivity contribution in [3.8, 4) is 11.3 Å². The molecule has 2 N–H and O–H groups in total. The standard InChI is InChI=1S/C14H17N3O/c1-10-13(6-7-18-10)17-12-4-2-11(3-5-12)14-8-15-9-16-14/h2-5,8-10,13,17H,6-7H2,1H3,(H,15,16). The molecule has 1 fully saturated rings. The van der Waals surface area contributed by atoms with Crippen LogP contribution in [0.2, 0.25) is 0 Å². The maximum absolute atomic E-state index is 5.54. The summed E-state index contributed by atoms with van der Waals surface area (Å²) >= 11 is 0. The Hall–Kier alpha value is -1.81. The van der Waals surface area contributed by atoms with Crippen molar-refractivity contribution < 1.29 is 4.74 Å². The van der Waals surface area contributed by atoms with Crippen LogP contribution in [0.3, 0.4) is 0 Å². The summed E-state index contributed by atoms with van der Waals surface area (Å²) in [6.45, 7) is 2.97. The summed E-state index contributed by atoms with van der Waals surface area (Å²) < 4.78 is 5.54. The maximum atomic E-state index is 5.54. The highest BCUT2D eigenvalue weighted by atomic mass is 16.5. The first-order valence-corrected chi connectivity index (χ1v) is 6.30. The minimum absolute atomic E-state index is 0.289. The molecule has 4 heteroatoms. The molecule has 2 atom stereocenters. The van der Waals surface area contributed by atoms with Gasteiger partial charge in [-0.05, 0) is 31.0 Å². The zero-order valence-corrected chi connectivity index (χ0v) is 10.4. The molecule has 0 saturated carbocycles. The number of aromatic amines is 1. The molecule has 3 rings (SSSR count). The number of anilines is 1. The van der Waals surface area contributed by atoms with Crippen LogP contribution >= 0.6 is 0 Å². The van der Waals surface area contributed by atoms with Gasteiger partial charge in [0.25, 0.3) is 0 Å². The first-order valence-electron chi connectivity index (χ1n) is 6.30. The van der Waals surface area contributed by atoms with E-state index < -0.39 is 0 Å². The number of aromatic nitrogens is 2. The van der Waals surface area contributed by atoms with E-state index in [-0.39, 0.29) is 6.10 Å². The van der Waals surface area contributed by atoms with Crippen molar-refractivity contribution in [1.29, 1.82) is 0 Å². The van der Waals surface area contributed by atoms with Crippen molar-refractivity contribution in [3.63, 3.8) is 0 Å². The number of rotatable bonds is 3. The fourth-order valence-corrected chi connectivity index (χ4v) is 2.30. The van der Waals surface area contributed by atoms with E-state index in [1.54, 1.807) is 6.33 Å². The van der Waals surface area contributed by atoms with Gasteiger partial charge in [-0.15, -0.1) is 0 Å². The van der Waals surface area contributed by atoms with Crippen molar-refractivity contribution in [2.24, 2.45) is 0 Å². The molecule has 0 amide bonds. The SMILES string of the molecule is CC1OCCC1Nc1ccc(-c2cnc[nH]2)cc1. The van der Waals surface area contributed by atoms with Gasteiger partial charge in [0.2, 0.25) is 0 Å². The van der Waals surface area contributed by atoms with Crippen molar-refractivity contribution in [2.45, 2.75) is 25.5 Å². The molecular weight excluding hydrogens is 226 g/mol. The quantitative estimate of drug-likeness (QED) is 0.871. The van der Waals surface area contributed by atoms with E-state index >= 15 is 0 Å². The molecule has 0 radical (unpaired) electrons. The van der Waals surface area contributed by atoms with Crippen LogP contribution in [-0.4, -0.2) is 28.7 Å².